The Morgan fingerprint density at radius 1 is 1.43 bits per heavy atom. The molecular weight excluding hydrogens is 183 g/mol. The molecule has 3 rings (SSSR count). The Hall–Kier alpha value is -1.49. The highest BCUT2D eigenvalue weighted by molar-refractivity contribution is 5.38. The Morgan fingerprint density at radius 2 is 2.29 bits per heavy atom. The van der Waals surface area contributed by atoms with Gasteiger partial charge in [0.25, 0.3) is 0 Å². The third-order valence-corrected chi connectivity index (χ3v) is 2.53. The molecule has 2 aromatic rings. The van der Waals surface area contributed by atoms with Crippen LogP contribution in [0, 0.1) is 5.82 Å². The summed E-state index contributed by atoms with van der Waals surface area (Å²) < 4.78 is 14.7. The molecule has 0 amide bonds. The summed E-state index contributed by atoms with van der Waals surface area (Å²) in [5, 5.41) is 11.2. The highest BCUT2D eigenvalue weighted by Gasteiger charge is 2.23. The first-order valence-corrected chi connectivity index (χ1v) is 4.58. The molecule has 1 saturated heterocycles. The average molecular weight is 192 g/mol. The van der Waals surface area contributed by atoms with Crippen LogP contribution in [0.4, 0.5) is 4.39 Å². The van der Waals surface area contributed by atoms with Crippen molar-refractivity contribution in [2.24, 2.45) is 0 Å². The molecule has 1 aliphatic heterocycles. The van der Waals surface area contributed by atoms with E-state index in [0.717, 1.165) is 18.8 Å². The molecule has 2 aromatic heterocycles. The fraction of sp³-hybridized carbons (Fsp3) is 0.333. The minimum absolute atomic E-state index is 0.229. The molecule has 14 heavy (non-hydrogen) atoms. The first-order valence-electron chi connectivity index (χ1n) is 4.58. The van der Waals surface area contributed by atoms with E-state index in [1.807, 2.05) is 0 Å². The van der Waals surface area contributed by atoms with E-state index in [4.69, 9.17) is 0 Å². The van der Waals surface area contributed by atoms with Gasteiger partial charge in [0.05, 0.1) is 6.04 Å². The Morgan fingerprint density at radius 3 is 3.00 bits per heavy atom. The number of aromatic nitrogens is 3. The van der Waals surface area contributed by atoms with Gasteiger partial charge in [0.1, 0.15) is 5.82 Å². The molecule has 0 aliphatic carbocycles. The molecule has 1 aliphatic rings. The fourth-order valence-corrected chi connectivity index (χ4v) is 1.63. The highest BCUT2D eigenvalue weighted by atomic mass is 19.1. The van der Waals surface area contributed by atoms with Gasteiger partial charge in [0.15, 0.2) is 11.5 Å². The Balaban J connectivity index is 2.18. The van der Waals surface area contributed by atoms with Crippen LogP contribution >= 0.6 is 0 Å². The predicted molar refractivity (Wildman–Crippen MR) is 48.3 cm³/mol. The second-order valence-electron chi connectivity index (χ2n) is 3.43. The number of hydrogen-bond acceptors (Lipinski definition) is 3. The van der Waals surface area contributed by atoms with Crippen molar-refractivity contribution in [2.75, 3.05) is 6.54 Å². The van der Waals surface area contributed by atoms with Gasteiger partial charge < -0.3 is 5.32 Å². The topological polar surface area (TPSA) is 42.2 Å². The van der Waals surface area contributed by atoms with Crippen LogP contribution < -0.4 is 5.32 Å². The van der Waals surface area contributed by atoms with Crippen molar-refractivity contribution in [1.82, 2.24) is 19.9 Å². The molecule has 0 saturated carbocycles. The van der Waals surface area contributed by atoms with Gasteiger partial charge in [0, 0.05) is 6.20 Å². The molecule has 72 valence electrons. The van der Waals surface area contributed by atoms with E-state index in [9.17, 15) is 4.39 Å². The molecule has 1 atom stereocenters. The lowest BCUT2D eigenvalue weighted by molar-refractivity contribution is 0.363. The molecule has 0 spiro atoms. The van der Waals surface area contributed by atoms with Crippen LogP contribution in [0.15, 0.2) is 18.3 Å². The predicted octanol–water partition coefficient (Wildman–Crippen LogP) is 0.903. The van der Waals surface area contributed by atoms with E-state index in [2.05, 4.69) is 15.5 Å². The summed E-state index contributed by atoms with van der Waals surface area (Å²) in [6.45, 7) is 0.995. The minimum atomic E-state index is -0.266. The average Bonchev–Trinajstić information content (AvgIpc) is 2.46. The summed E-state index contributed by atoms with van der Waals surface area (Å²) >= 11 is 0. The van der Waals surface area contributed by atoms with Crippen LogP contribution in [0.1, 0.15) is 18.3 Å². The zero-order valence-corrected chi connectivity index (χ0v) is 7.44. The lowest BCUT2D eigenvalue weighted by Crippen LogP contribution is -2.36. The quantitative estimate of drug-likeness (QED) is 0.730. The molecule has 0 aromatic carbocycles. The molecule has 0 bridgehead atoms. The zero-order chi connectivity index (χ0) is 9.54. The van der Waals surface area contributed by atoms with Crippen LogP contribution in [-0.4, -0.2) is 21.1 Å². The van der Waals surface area contributed by atoms with Gasteiger partial charge in [0.2, 0.25) is 0 Å². The van der Waals surface area contributed by atoms with Gasteiger partial charge in [-0.25, -0.2) is 4.39 Å². The maximum Gasteiger partial charge on any atom is 0.160 e. The monoisotopic (exact) mass is 192 g/mol. The normalized spacial score (nSPS) is 21.1. The Labute approximate surface area is 79.8 Å². The van der Waals surface area contributed by atoms with Crippen molar-refractivity contribution in [3.05, 3.63) is 30.0 Å². The van der Waals surface area contributed by atoms with Crippen LogP contribution in [-0.2, 0) is 0 Å². The molecule has 3 heterocycles. The van der Waals surface area contributed by atoms with Crippen LogP contribution in [0.5, 0.6) is 0 Å². The summed E-state index contributed by atoms with van der Waals surface area (Å²) in [7, 11) is 0. The first-order chi connectivity index (χ1) is 6.84. The number of nitrogens with zero attached hydrogens (tertiary/aromatic N) is 3. The lowest BCUT2D eigenvalue weighted by atomic mass is 10.1. The van der Waals surface area contributed by atoms with E-state index >= 15 is 0 Å². The van der Waals surface area contributed by atoms with Gasteiger partial charge in [-0.1, -0.05) is 0 Å². The fourth-order valence-electron chi connectivity index (χ4n) is 1.63. The van der Waals surface area contributed by atoms with Gasteiger partial charge in [-0.2, -0.15) is 0 Å². The van der Waals surface area contributed by atoms with E-state index in [0.29, 0.717) is 5.65 Å². The van der Waals surface area contributed by atoms with Gasteiger partial charge in [-0.05, 0) is 25.1 Å². The zero-order valence-electron chi connectivity index (χ0n) is 7.44. The van der Waals surface area contributed by atoms with Gasteiger partial charge in [-0.3, -0.25) is 4.40 Å². The highest BCUT2D eigenvalue weighted by Crippen LogP contribution is 2.21. The maximum absolute atomic E-state index is 13.0. The number of nitrogens with one attached hydrogen (secondary N) is 1. The second-order valence-corrected chi connectivity index (χ2v) is 3.43. The number of hydrogen-bond donors (Lipinski definition) is 1. The molecule has 1 N–H and O–H groups in total. The van der Waals surface area contributed by atoms with Crippen LogP contribution in [0.2, 0.25) is 0 Å². The van der Waals surface area contributed by atoms with Crippen molar-refractivity contribution in [3.8, 4) is 0 Å². The van der Waals surface area contributed by atoms with Crippen molar-refractivity contribution in [2.45, 2.75) is 12.5 Å². The smallest absolute Gasteiger partial charge is 0.160 e. The Bertz CT molecular complexity index is 475. The van der Waals surface area contributed by atoms with Crippen molar-refractivity contribution < 1.29 is 4.39 Å². The molecule has 5 heteroatoms. The number of halogens is 1. The molecule has 4 nitrogen and oxygen atoms in total. The summed E-state index contributed by atoms with van der Waals surface area (Å²) in [6, 6.07) is 3.25. The lowest BCUT2D eigenvalue weighted by Gasteiger charge is -2.25. The number of rotatable bonds is 1. The van der Waals surface area contributed by atoms with Crippen molar-refractivity contribution >= 4 is 5.65 Å². The van der Waals surface area contributed by atoms with Gasteiger partial charge >= 0.3 is 0 Å². The van der Waals surface area contributed by atoms with Crippen molar-refractivity contribution in [1.29, 1.82) is 0 Å². The molecular formula is C9H9FN4. The number of fused-ring (bicyclic) bond motifs is 1. The summed E-state index contributed by atoms with van der Waals surface area (Å²) in [5.74, 6) is 0.531. The molecule has 1 fully saturated rings. The number of pyridine rings is 1. The minimum Gasteiger partial charge on any atom is -0.307 e. The summed E-state index contributed by atoms with van der Waals surface area (Å²) in [4.78, 5) is 0. The largest absolute Gasteiger partial charge is 0.307 e. The molecule has 0 unspecified atom stereocenters. The molecule has 0 radical (unpaired) electrons. The van der Waals surface area contributed by atoms with E-state index in [-0.39, 0.29) is 11.9 Å². The van der Waals surface area contributed by atoms with Crippen LogP contribution in [0.3, 0.4) is 0 Å². The third-order valence-electron chi connectivity index (χ3n) is 2.53. The van der Waals surface area contributed by atoms with E-state index < -0.39 is 0 Å². The maximum atomic E-state index is 13.0. The van der Waals surface area contributed by atoms with Crippen molar-refractivity contribution in [3.63, 3.8) is 0 Å². The summed E-state index contributed by atoms with van der Waals surface area (Å²) in [6.07, 6.45) is 2.46. The SMILES string of the molecule is Fc1ccc2nnc([C@@H]3CCN3)n2c1. The first kappa shape index (κ1) is 7.87. The standard InChI is InChI=1S/C9H9FN4/c10-6-1-2-8-12-13-9(14(8)5-6)7-3-4-11-7/h1-2,5,7,11H,3-4H2/t7-/m0/s1. The Kier molecular flexibility index (Phi) is 1.55. The van der Waals surface area contributed by atoms with E-state index in [1.165, 1.54) is 12.3 Å². The van der Waals surface area contributed by atoms with E-state index in [1.54, 1.807) is 10.5 Å². The van der Waals surface area contributed by atoms with Crippen LogP contribution in [0.25, 0.3) is 5.65 Å². The second kappa shape index (κ2) is 2.75. The third kappa shape index (κ3) is 1.02. The van der Waals surface area contributed by atoms with Gasteiger partial charge in [-0.15, -0.1) is 10.2 Å². The summed E-state index contributed by atoms with van der Waals surface area (Å²) in [5.41, 5.74) is 0.690.